The lowest BCUT2D eigenvalue weighted by molar-refractivity contribution is -0.122. The predicted octanol–water partition coefficient (Wildman–Crippen LogP) is 4.69. The van der Waals surface area contributed by atoms with E-state index in [4.69, 9.17) is 22.1 Å². The number of hydrogen-bond acceptors (Lipinski definition) is 4. The van der Waals surface area contributed by atoms with Crippen LogP contribution in [0.1, 0.15) is 57.8 Å². The SMILES string of the molecule is COc1cc(N)c(Cl)cc1NC(=O)C1CC2CCC(C1)N2CC1CCCCC1. The van der Waals surface area contributed by atoms with Crippen LogP contribution >= 0.6 is 11.6 Å². The fourth-order valence-corrected chi connectivity index (χ4v) is 5.69. The highest BCUT2D eigenvalue weighted by Crippen LogP contribution is 2.41. The van der Waals surface area contributed by atoms with E-state index in [1.165, 1.54) is 51.5 Å². The average molecular weight is 406 g/mol. The first-order chi connectivity index (χ1) is 13.5. The van der Waals surface area contributed by atoms with Gasteiger partial charge >= 0.3 is 0 Å². The number of rotatable bonds is 5. The quantitative estimate of drug-likeness (QED) is 0.697. The number of fused-ring (bicyclic) bond motifs is 2. The maximum Gasteiger partial charge on any atom is 0.227 e. The van der Waals surface area contributed by atoms with Gasteiger partial charge in [0, 0.05) is 30.6 Å². The number of nitrogens with one attached hydrogen (secondary N) is 1. The molecule has 2 atom stereocenters. The number of nitrogens with two attached hydrogens (primary N) is 1. The van der Waals surface area contributed by atoms with Crippen molar-refractivity contribution in [1.29, 1.82) is 0 Å². The van der Waals surface area contributed by atoms with Gasteiger partial charge in [-0.3, -0.25) is 9.69 Å². The Bertz CT molecular complexity index is 706. The van der Waals surface area contributed by atoms with Crippen LogP contribution in [0.25, 0.3) is 0 Å². The summed E-state index contributed by atoms with van der Waals surface area (Å²) in [6.45, 7) is 1.24. The molecular weight excluding hydrogens is 374 g/mol. The summed E-state index contributed by atoms with van der Waals surface area (Å²) in [6, 6.07) is 4.47. The number of ether oxygens (including phenoxy) is 1. The van der Waals surface area contributed by atoms with Gasteiger partial charge in [0.15, 0.2) is 0 Å². The number of carbonyl (C=O) groups is 1. The van der Waals surface area contributed by atoms with Crippen molar-refractivity contribution in [2.75, 3.05) is 24.7 Å². The molecule has 1 aromatic rings. The van der Waals surface area contributed by atoms with Gasteiger partial charge in [-0.1, -0.05) is 30.9 Å². The summed E-state index contributed by atoms with van der Waals surface area (Å²) in [4.78, 5) is 15.7. The normalized spacial score (nSPS) is 28.3. The highest BCUT2D eigenvalue weighted by atomic mass is 35.5. The third-order valence-electron chi connectivity index (χ3n) is 7.03. The minimum atomic E-state index is 0.0566. The van der Waals surface area contributed by atoms with Gasteiger partial charge in [0.25, 0.3) is 0 Å². The van der Waals surface area contributed by atoms with Gasteiger partial charge in [-0.15, -0.1) is 0 Å². The Morgan fingerprint density at radius 2 is 1.86 bits per heavy atom. The zero-order chi connectivity index (χ0) is 19.7. The molecule has 1 aromatic carbocycles. The van der Waals surface area contributed by atoms with Gasteiger partial charge in [-0.25, -0.2) is 0 Å². The van der Waals surface area contributed by atoms with Crippen LogP contribution in [-0.2, 0) is 4.79 Å². The van der Waals surface area contributed by atoms with Gasteiger partial charge in [-0.2, -0.15) is 0 Å². The lowest BCUT2D eigenvalue weighted by Gasteiger charge is -2.41. The molecule has 2 unspecified atom stereocenters. The topological polar surface area (TPSA) is 67.6 Å². The maximum atomic E-state index is 13.0. The first-order valence-electron chi connectivity index (χ1n) is 10.7. The predicted molar refractivity (Wildman–Crippen MR) is 114 cm³/mol. The average Bonchev–Trinajstić information content (AvgIpc) is 2.92. The molecule has 3 aliphatic rings. The van der Waals surface area contributed by atoms with Crippen LogP contribution < -0.4 is 15.8 Å². The number of hydrogen-bond donors (Lipinski definition) is 2. The second-order valence-corrected chi connectivity index (χ2v) is 9.22. The molecular formula is C22H32ClN3O2. The van der Waals surface area contributed by atoms with Crippen LogP contribution in [0.5, 0.6) is 5.75 Å². The Balaban J connectivity index is 1.39. The number of nitrogen functional groups attached to an aromatic ring is 1. The Kier molecular flexibility index (Phi) is 6.02. The van der Waals surface area contributed by atoms with E-state index in [1.54, 1.807) is 19.2 Å². The van der Waals surface area contributed by atoms with E-state index in [1.807, 2.05) is 0 Å². The molecule has 0 radical (unpaired) electrons. The molecule has 2 heterocycles. The third-order valence-corrected chi connectivity index (χ3v) is 7.35. The number of anilines is 2. The molecule has 1 saturated carbocycles. The van der Waals surface area contributed by atoms with Crippen molar-refractivity contribution in [2.45, 2.75) is 69.9 Å². The van der Waals surface area contributed by atoms with Crippen LogP contribution in [0.4, 0.5) is 11.4 Å². The molecule has 28 heavy (non-hydrogen) atoms. The van der Waals surface area contributed by atoms with Crippen LogP contribution in [0.3, 0.4) is 0 Å². The third kappa shape index (κ3) is 4.11. The monoisotopic (exact) mass is 405 g/mol. The van der Waals surface area contributed by atoms with E-state index in [2.05, 4.69) is 10.2 Å². The summed E-state index contributed by atoms with van der Waals surface area (Å²) in [5.74, 6) is 1.55. The Hall–Kier alpha value is -1.46. The number of halogens is 1. The second-order valence-electron chi connectivity index (χ2n) is 8.82. The minimum absolute atomic E-state index is 0.0566. The molecule has 2 bridgehead atoms. The van der Waals surface area contributed by atoms with E-state index >= 15 is 0 Å². The highest BCUT2D eigenvalue weighted by molar-refractivity contribution is 6.33. The second kappa shape index (κ2) is 8.50. The molecule has 3 N–H and O–H groups in total. The fraction of sp³-hybridized carbons (Fsp3) is 0.682. The van der Waals surface area contributed by atoms with E-state index in [0.29, 0.717) is 34.2 Å². The molecule has 5 nitrogen and oxygen atoms in total. The summed E-state index contributed by atoms with van der Waals surface area (Å²) in [5.41, 5.74) is 6.90. The van der Waals surface area contributed by atoms with E-state index in [9.17, 15) is 4.79 Å². The van der Waals surface area contributed by atoms with Gasteiger partial charge in [0.05, 0.1) is 23.5 Å². The molecule has 0 aromatic heterocycles. The minimum Gasteiger partial charge on any atom is -0.494 e. The molecule has 2 saturated heterocycles. The molecule has 3 fully saturated rings. The first-order valence-corrected chi connectivity index (χ1v) is 11.1. The van der Waals surface area contributed by atoms with Crippen LogP contribution in [-0.4, -0.2) is 36.5 Å². The molecule has 1 amide bonds. The lowest BCUT2D eigenvalue weighted by Crippen LogP contribution is -2.47. The molecule has 0 spiro atoms. The number of piperidine rings is 1. The van der Waals surface area contributed by atoms with E-state index < -0.39 is 0 Å². The van der Waals surface area contributed by atoms with Gasteiger partial charge in [-0.05, 0) is 50.5 Å². The van der Waals surface area contributed by atoms with Crippen molar-refractivity contribution in [3.63, 3.8) is 0 Å². The smallest absolute Gasteiger partial charge is 0.227 e. The van der Waals surface area contributed by atoms with Gasteiger partial charge < -0.3 is 15.8 Å². The number of methoxy groups -OCH3 is 1. The lowest BCUT2D eigenvalue weighted by atomic mass is 9.85. The van der Waals surface area contributed by atoms with Crippen molar-refractivity contribution < 1.29 is 9.53 Å². The van der Waals surface area contributed by atoms with Crippen LogP contribution in [0.2, 0.25) is 5.02 Å². The van der Waals surface area contributed by atoms with Crippen molar-refractivity contribution in [2.24, 2.45) is 11.8 Å². The van der Waals surface area contributed by atoms with Gasteiger partial charge in [0.2, 0.25) is 5.91 Å². The summed E-state index contributed by atoms with van der Waals surface area (Å²) in [5, 5.41) is 3.47. The molecule has 1 aliphatic carbocycles. The molecule has 154 valence electrons. The first kappa shape index (κ1) is 19.8. The zero-order valence-corrected chi connectivity index (χ0v) is 17.5. The van der Waals surface area contributed by atoms with Crippen molar-refractivity contribution in [1.82, 2.24) is 4.90 Å². The largest absolute Gasteiger partial charge is 0.494 e. The zero-order valence-electron chi connectivity index (χ0n) is 16.8. The van der Waals surface area contributed by atoms with E-state index in [0.717, 1.165) is 18.8 Å². The Morgan fingerprint density at radius 3 is 2.50 bits per heavy atom. The Labute approximate surface area is 172 Å². The number of amides is 1. The molecule has 2 aliphatic heterocycles. The summed E-state index contributed by atoms with van der Waals surface area (Å²) in [6.07, 6.45) is 11.4. The highest BCUT2D eigenvalue weighted by Gasteiger charge is 2.43. The van der Waals surface area contributed by atoms with Crippen molar-refractivity contribution in [3.8, 4) is 5.75 Å². The standard InChI is InChI=1S/C22H32ClN3O2/c1-28-21-12-19(24)18(23)11-20(21)25-22(27)15-9-16-7-8-17(10-15)26(16)13-14-5-3-2-4-6-14/h11-12,14-17H,2-10,13,24H2,1H3,(H,25,27). The van der Waals surface area contributed by atoms with Gasteiger partial charge in [0.1, 0.15) is 5.75 Å². The van der Waals surface area contributed by atoms with Crippen molar-refractivity contribution >= 4 is 28.9 Å². The fourth-order valence-electron chi connectivity index (χ4n) is 5.52. The Morgan fingerprint density at radius 1 is 1.18 bits per heavy atom. The van der Waals surface area contributed by atoms with Crippen molar-refractivity contribution in [3.05, 3.63) is 17.2 Å². The summed E-state index contributed by atoms with van der Waals surface area (Å²) in [7, 11) is 1.57. The van der Waals surface area contributed by atoms with Crippen LogP contribution in [0, 0.1) is 11.8 Å². The van der Waals surface area contributed by atoms with Crippen LogP contribution in [0.15, 0.2) is 12.1 Å². The molecule has 4 rings (SSSR count). The molecule has 6 heteroatoms. The number of nitrogens with zero attached hydrogens (tertiary/aromatic N) is 1. The number of carbonyl (C=O) groups excluding carboxylic acids is 1. The van der Waals surface area contributed by atoms with E-state index in [-0.39, 0.29) is 11.8 Å². The maximum absolute atomic E-state index is 13.0. The summed E-state index contributed by atoms with van der Waals surface area (Å²) >= 11 is 6.14. The number of benzene rings is 1. The summed E-state index contributed by atoms with van der Waals surface area (Å²) < 4.78 is 5.36.